The van der Waals surface area contributed by atoms with Gasteiger partial charge in [0.2, 0.25) is 0 Å². The van der Waals surface area contributed by atoms with Crippen LogP contribution in [0.4, 0.5) is 0 Å². The molecule has 1 aliphatic rings. The molecule has 2 atom stereocenters. The molecule has 2 unspecified atom stereocenters. The topological polar surface area (TPSA) is 0 Å². The molecule has 0 radical (unpaired) electrons. The van der Waals surface area contributed by atoms with Crippen molar-refractivity contribution < 1.29 is 4.48 Å². The van der Waals surface area contributed by atoms with Gasteiger partial charge in [0.05, 0.1) is 26.2 Å². The van der Waals surface area contributed by atoms with Crippen LogP contribution in [0.15, 0.2) is 0 Å². The Hall–Kier alpha value is -0.0400. The number of hydrogen-bond acceptors (Lipinski definition) is 0. The molecular formula is C10H22N+. The predicted octanol–water partition coefficient (Wildman–Crippen LogP) is 2.27. The van der Waals surface area contributed by atoms with E-state index in [1.54, 1.807) is 0 Å². The van der Waals surface area contributed by atoms with Crippen molar-refractivity contribution in [1.29, 1.82) is 0 Å². The number of nitrogens with zero attached hydrogens (tertiary/aromatic N) is 1. The Labute approximate surface area is 71.0 Å². The van der Waals surface area contributed by atoms with Crippen LogP contribution < -0.4 is 0 Å². The van der Waals surface area contributed by atoms with E-state index in [4.69, 9.17) is 0 Å². The molecule has 0 aromatic rings. The van der Waals surface area contributed by atoms with E-state index in [1.165, 1.54) is 23.9 Å². The minimum absolute atomic E-state index is 0.541. The van der Waals surface area contributed by atoms with Gasteiger partial charge in [0.25, 0.3) is 0 Å². The van der Waals surface area contributed by atoms with Gasteiger partial charge in [-0.1, -0.05) is 13.8 Å². The van der Waals surface area contributed by atoms with Crippen LogP contribution >= 0.6 is 0 Å². The quantitative estimate of drug-likeness (QED) is 0.511. The Balaban J connectivity index is 2.81. The largest absolute Gasteiger partial charge is 0.324 e. The second kappa shape index (κ2) is 2.48. The van der Waals surface area contributed by atoms with Crippen LogP contribution in [0.5, 0.6) is 0 Å². The first-order valence-corrected chi connectivity index (χ1v) is 4.74. The van der Waals surface area contributed by atoms with Crippen molar-refractivity contribution in [2.75, 3.05) is 20.6 Å². The van der Waals surface area contributed by atoms with Gasteiger partial charge in [0, 0.05) is 12.3 Å². The summed E-state index contributed by atoms with van der Waals surface area (Å²) < 4.78 is 1.21. The van der Waals surface area contributed by atoms with E-state index in [1.807, 2.05) is 0 Å². The van der Waals surface area contributed by atoms with Gasteiger partial charge in [-0.3, -0.25) is 0 Å². The molecule has 1 rings (SSSR count). The molecule has 1 fully saturated rings. The predicted molar refractivity (Wildman–Crippen MR) is 49.5 cm³/mol. The zero-order valence-corrected chi connectivity index (χ0v) is 8.65. The van der Waals surface area contributed by atoms with Crippen molar-refractivity contribution in [3.8, 4) is 0 Å². The molecule has 11 heavy (non-hydrogen) atoms. The van der Waals surface area contributed by atoms with Gasteiger partial charge in [0.1, 0.15) is 0 Å². The molecule has 0 saturated carbocycles. The fourth-order valence-electron chi connectivity index (χ4n) is 2.63. The lowest BCUT2D eigenvalue weighted by Gasteiger charge is -2.40. The van der Waals surface area contributed by atoms with Gasteiger partial charge in [-0.25, -0.2) is 0 Å². The van der Waals surface area contributed by atoms with Gasteiger partial charge in [-0.15, -0.1) is 0 Å². The van der Waals surface area contributed by atoms with Crippen molar-refractivity contribution in [1.82, 2.24) is 0 Å². The molecule has 1 heterocycles. The number of quaternary nitrogens is 1. The molecule has 1 heteroatoms. The summed E-state index contributed by atoms with van der Waals surface area (Å²) in [6, 6.07) is 0. The summed E-state index contributed by atoms with van der Waals surface area (Å²) in [5.74, 6) is 0.912. The third-order valence-electron chi connectivity index (χ3n) is 3.78. The van der Waals surface area contributed by atoms with Crippen molar-refractivity contribution in [2.24, 2.45) is 5.92 Å². The van der Waals surface area contributed by atoms with Crippen molar-refractivity contribution in [3.63, 3.8) is 0 Å². The highest BCUT2D eigenvalue weighted by Gasteiger charge is 2.47. The normalized spacial score (nSPS) is 42.8. The Morgan fingerprint density at radius 1 is 1.45 bits per heavy atom. The fourth-order valence-corrected chi connectivity index (χ4v) is 2.63. The highest BCUT2D eigenvalue weighted by molar-refractivity contribution is 4.82. The van der Waals surface area contributed by atoms with Crippen LogP contribution in [-0.4, -0.2) is 30.7 Å². The average molecular weight is 156 g/mol. The molecule has 0 N–H and O–H groups in total. The molecule has 0 amide bonds. The van der Waals surface area contributed by atoms with Crippen LogP contribution in [0.25, 0.3) is 0 Å². The van der Waals surface area contributed by atoms with E-state index in [0.717, 1.165) is 5.92 Å². The van der Waals surface area contributed by atoms with E-state index < -0.39 is 0 Å². The van der Waals surface area contributed by atoms with Crippen LogP contribution in [0, 0.1) is 5.92 Å². The maximum atomic E-state index is 2.43. The second-order valence-electron chi connectivity index (χ2n) is 5.03. The van der Waals surface area contributed by atoms with E-state index in [2.05, 4.69) is 34.9 Å². The fraction of sp³-hybridized carbons (Fsp3) is 1.00. The molecule has 0 spiro atoms. The first kappa shape index (κ1) is 9.05. The minimum atomic E-state index is 0.541. The van der Waals surface area contributed by atoms with Crippen LogP contribution in [-0.2, 0) is 0 Å². The Morgan fingerprint density at radius 2 is 2.00 bits per heavy atom. The first-order valence-electron chi connectivity index (χ1n) is 4.74. The Morgan fingerprint density at radius 3 is 2.18 bits per heavy atom. The van der Waals surface area contributed by atoms with Gasteiger partial charge >= 0.3 is 0 Å². The highest BCUT2D eigenvalue weighted by atomic mass is 15.4. The highest BCUT2D eigenvalue weighted by Crippen LogP contribution is 2.38. The van der Waals surface area contributed by atoms with E-state index in [9.17, 15) is 0 Å². The zero-order chi connectivity index (χ0) is 8.70. The van der Waals surface area contributed by atoms with Crippen molar-refractivity contribution in [2.45, 2.75) is 39.2 Å². The summed E-state index contributed by atoms with van der Waals surface area (Å²) >= 11 is 0. The third kappa shape index (κ3) is 1.31. The molecule has 0 aliphatic carbocycles. The first-order chi connectivity index (χ1) is 4.91. The summed E-state index contributed by atoms with van der Waals surface area (Å²) in [7, 11) is 4.74. The number of hydrogen-bond donors (Lipinski definition) is 0. The van der Waals surface area contributed by atoms with Crippen molar-refractivity contribution in [3.05, 3.63) is 0 Å². The van der Waals surface area contributed by atoms with Gasteiger partial charge < -0.3 is 4.48 Å². The summed E-state index contributed by atoms with van der Waals surface area (Å²) in [6.45, 7) is 8.47. The molecule has 1 aliphatic heterocycles. The molecule has 0 aromatic heterocycles. The molecule has 0 aromatic carbocycles. The lowest BCUT2D eigenvalue weighted by molar-refractivity contribution is -0.927. The summed E-state index contributed by atoms with van der Waals surface area (Å²) in [5, 5.41) is 0. The number of rotatable bonds is 1. The van der Waals surface area contributed by atoms with E-state index >= 15 is 0 Å². The Kier molecular flexibility index (Phi) is 2.04. The standard InChI is InChI=1S/C10H22N/c1-6-10(3)7-9(2)8-11(10,4)5/h9H,6-8H2,1-5H3/q+1. The monoisotopic (exact) mass is 156 g/mol. The summed E-state index contributed by atoms with van der Waals surface area (Å²) in [6.07, 6.45) is 2.71. The van der Waals surface area contributed by atoms with Crippen LogP contribution in [0.1, 0.15) is 33.6 Å². The second-order valence-corrected chi connectivity index (χ2v) is 5.03. The van der Waals surface area contributed by atoms with Gasteiger partial charge in [-0.2, -0.15) is 0 Å². The zero-order valence-electron chi connectivity index (χ0n) is 8.65. The minimum Gasteiger partial charge on any atom is -0.324 e. The van der Waals surface area contributed by atoms with Crippen molar-refractivity contribution >= 4 is 0 Å². The smallest absolute Gasteiger partial charge is 0.0962 e. The third-order valence-corrected chi connectivity index (χ3v) is 3.78. The maximum absolute atomic E-state index is 2.43. The average Bonchev–Trinajstić information content (AvgIpc) is 2.03. The molecule has 66 valence electrons. The van der Waals surface area contributed by atoms with Gasteiger partial charge in [0.15, 0.2) is 0 Å². The lowest BCUT2D eigenvalue weighted by Crippen LogP contribution is -2.52. The Bertz CT molecular complexity index is 151. The SMILES string of the molecule is CCC1(C)CC(C)C[N+]1(C)C. The van der Waals surface area contributed by atoms with Crippen LogP contribution in [0.2, 0.25) is 0 Å². The summed E-state index contributed by atoms with van der Waals surface area (Å²) in [5.41, 5.74) is 0.541. The molecule has 1 saturated heterocycles. The molecular weight excluding hydrogens is 134 g/mol. The lowest BCUT2D eigenvalue weighted by atomic mass is 9.91. The number of likely N-dealkylation sites (tertiary alicyclic amines) is 1. The maximum Gasteiger partial charge on any atom is 0.0962 e. The summed E-state index contributed by atoms with van der Waals surface area (Å²) in [4.78, 5) is 0. The van der Waals surface area contributed by atoms with Gasteiger partial charge in [-0.05, 0) is 13.3 Å². The molecule has 0 bridgehead atoms. The molecule has 1 nitrogen and oxygen atoms in total. The van der Waals surface area contributed by atoms with E-state index in [-0.39, 0.29) is 0 Å². The van der Waals surface area contributed by atoms with E-state index in [0.29, 0.717) is 5.54 Å². The van der Waals surface area contributed by atoms with Crippen LogP contribution in [0.3, 0.4) is 0 Å².